The first-order valence-corrected chi connectivity index (χ1v) is 16.3. The third-order valence-corrected chi connectivity index (χ3v) is 8.80. The molecule has 3 atom stereocenters. The molecule has 0 unspecified atom stereocenters. The average molecular weight is 673 g/mol. The van der Waals surface area contributed by atoms with Crippen LogP contribution in [-0.2, 0) is 29.0 Å². The first kappa shape index (κ1) is 34.8. The fourth-order valence-corrected chi connectivity index (χ4v) is 6.50. The van der Waals surface area contributed by atoms with Gasteiger partial charge in [-0.05, 0) is 73.0 Å². The Bertz CT molecular complexity index is 1840. The van der Waals surface area contributed by atoms with E-state index in [1.165, 1.54) is 49.3 Å². The number of hydrogen-bond donors (Lipinski definition) is 3. The fraction of sp³-hybridized carbons (Fsp3) is 0.312. The number of nitrogens with zero attached hydrogens (tertiary/aromatic N) is 1. The molecule has 1 fully saturated rings. The van der Waals surface area contributed by atoms with Crippen LogP contribution in [0.4, 0.5) is 20.2 Å². The summed E-state index contributed by atoms with van der Waals surface area (Å²) in [6.45, 7) is 2.80. The molecule has 0 aromatic heterocycles. The average Bonchev–Trinajstić information content (AvgIpc) is 3.45. The predicted octanol–water partition coefficient (Wildman–Crippen LogP) is 3.74. The molecule has 47 heavy (non-hydrogen) atoms. The Balaban J connectivity index is 1.92. The Kier molecular flexibility index (Phi) is 10.5. The van der Waals surface area contributed by atoms with Gasteiger partial charge in [0.15, 0.2) is 21.4 Å². The minimum absolute atomic E-state index is 0.00982. The van der Waals surface area contributed by atoms with E-state index in [-0.39, 0.29) is 58.3 Å². The van der Waals surface area contributed by atoms with Crippen LogP contribution < -0.4 is 21.1 Å². The molecule has 0 bridgehead atoms. The minimum Gasteiger partial charge on any atom is -0.494 e. The number of sulfone groups is 1. The molecule has 1 aliphatic heterocycles. The Morgan fingerprint density at radius 2 is 1.74 bits per heavy atom. The first-order chi connectivity index (χ1) is 22.2. The summed E-state index contributed by atoms with van der Waals surface area (Å²) in [6, 6.07) is 8.12. The van der Waals surface area contributed by atoms with Crippen LogP contribution in [0.3, 0.4) is 0 Å². The number of hydrogen-bond acceptors (Lipinski definition) is 9. The Morgan fingerprint density at radius 1 is 1.04 bits per heavy atom. The molecule has 0 radical (unpaired) electrons. The number of primary amides is 1. The van der Waals surface area contributed by atoms with Gasteiger partial charge >= 0.3 is 5.97 Å². The van der Waals surface area contributed by atoms with E-state index in [1.54, 1.807) is 6.92 Å². The van der Waals surface area contributed by atoms with Crippen LogP contribution in [0.25, 0.3) is 0 Å². The maximum Gasteiger partial charge on any atom is 0.311 e. The summed E-state index contributed by atoms with van der Waals surface area (Å²) in [5.41, 5.74) is 5.41. The Hall–Kier alpha value is -5.05. The number of likely N-dealkylation sites (tertiary alicyclic amines) is 1. The molecule has 1 saturated heterocycles. The van der Waals surface area contributed by atoms with Gasteiger partial charge in [-0.3, -0.25) is 19.2 Å². The van der Waals surface area contributed by atoms with Gasteiger partial charge in [-0.1, -0.05) is 6.07 Å². The number of benzene rings is 3. The second kappa shape index (κ2) is 14.2. The highest BCUT2D eigenvalue weighted by Crippen LogP contribution is 2.43. The van der Waals surface area contributed by atoms with Crippen LogP contribution in [0, 0.1) is 17.6 Å². The summed E-state index contributed by atoms with van der Waals surface area (Å²) in [7, 11) is -2.73. The summed E-state index contributed by atoms with van der Waals surface area (Å²) in [4.78, 5) is 52.7. The number of nitrogens with two attached hydrogens (primary N) is 1. The quantitative estimate of drug-likeness (QED) is 0.257. The van der Waals surface area contributed by atoms with Gasteiger partial charge in [0, 0.05) is 31.0 Å². The van der Waals surface area contributed by atoms with Crippen LogP contribution in [0.15, 0.2) is 59.5 Å². The van der Waals surface area contributed by atoms with Crippen molar-refractivity contribution in [2.45, 2.75) is 37.2 Å². The molecule has 1 aliphatic rings. The molecule has 15 heteroatoms. The van der Waals surface area contributed by atoms with Crippen molar-refractivity contribution in [2.75, 3.05) is 37.2 Å². The minimum atomic E-state index is -3.95. The van der Waals surface area contributed by atoms with Gasteiger partial charge < -0.3 is 30.7 Å². The molecule has 4 rings (SSSR count). The molecule has 4 N–H and O–H groups in total. The molecule has 1 heterocycles. The van der Waals surface area contributed by atoms with Crippen molar-refractivity contribution in [1.29, 1.82) is 0 Å². The fourth-order valence-electron chi connectivity index (χ4n) is 5.57. The van der Waals surface area contributed by atoms with Crippen molar-refractivity contribution in [1.82, 2.24) is 4.90 Å². The highest BCUT2D eigenvalue weighted by atomic mass is 32.2. The van der Waals surface area contributed by atoms with E-state index >= 15 is 4.39 Å². The van der Waals surface area contributed by atoms with Gasteiger partial charge in [-0.2, -0.15) is 0 Å². The lowest BCUT2D eigenvalue weighted by Crippen LogP contribution is -2.40. The predicted molar refractivity (Wildman–Crippen MR) is 167 cm³/mol. The van der Waals surface area contributed by atoms with E-state index in [0.29, 0.717) is 0 Å². The zero-order valence-electron chi connectivity index (χ0n) is 26.0. The first-order valence-electron chi connectivity index (χ1n) is 14.4. The van der Waals surface area contributed by atoms with Gasteiger partial charge in [-0.25, -0.2) is 17.2 Å². The monoisotopic (exact) mass is 672 g/mol. The maximum atomic E-state index is 15.1. The summed E-state index contributed by atoms with van der Waals surface area (Å²) in [6.07, 6.45) is 1.03. The standard InChI is InChI=1S/C32H34F2N4O8S/c1-5-46-32(42)21-12-13-38(29(21)22-16-20(36-17(2)39)8-11-27(22)47(4,43)44)31(41)28(18-6-10-24(34)26(15-18)45-3)37-25-14-19(30(35)40)7-9-23(25)33/h6-11,14-16,21,28-29,37H,5,12-13H2,1-4H3,(H2,35,40)(H,36,39)/t21-,28+,29+/m0/s1. The molecule has 3 amide bonds. The molecule has 0 spiro atoms. The third-order valence-electron chi connectivity index (χ3n) is 7.62. The Morgan fingerprint density at radius 3 is 2.36 bits per heavy atom. The number of halogens is 2. The van der Waals surface area contributed by atoms with Gasteiger partial charge in [0.05, 0.1) is 36.3 Å². The van der Waals surface area contributed by atoms with E-state index in [2.05, 4.69) is 10.6 Å². The van der Waals surface area contributed by atoms with Crippen molar-refractivity contribution in [3.05, 3.63) is 82.9 Å². The molecule has 12 nitrogen and oxygen atoms in total. The second-order valence-electron chi connectivity index (χ2n) is 10.9. The van der Waals surface area contributed by atoms with Gasteiger partial charge in [-0.15, -0.1) is 0 Å². The maximum absolute atomic E-state index is 15.1. The SMILES string of the molecule is CCOC(=O)[C@H]1CCN(C(=O)[C@H](Nc2cc(C(N)=O)ccc2F)c2ccc(F)c(OC)c2)[C@H]1c1cc(NC(C)=O)ccc1S(C)(=O)=O. The smallest absolute Gasteiger partial charge is 0.311 e. The Labute approximate surface area is 270 Å². The third kappa shape index (κ3) is 7.68. The van der Waals surface area contributed by atoms with Crippen LogP contribution in [0.2, 0.25) is 0 Å². The number of carbonyl (C=O) groups is 4. The number of amides is 3. The van der Waals surface area contributed by atoms with Crippen molar-refractivity contribution in [3.8, 4) is 5.75 Å². The van der Waals surface area contributed by atoms with E-state index in [1.807, 2.05) is 0 Å². The molecule has 250 valence electrons. The number of carbonyl (C=O) groups excluding carboxylic acids is 4. The van der Waals surface area contributed by atoms with E-state index in [9.17, 15) is 32.0 Å². The molecule has 0 aliphatic carbocycles. The number of ether oxygens (including phenoxy) is 2. The summed E-state index contributed by atoms with van der Waals surface area (Å²) >= 11 is 0. The molecule has 3 aromatic carbocycles. The largest absolute Gasteiger partial charge is 0.494 e. The number of anilines is 2. The van der Waals surface area contributed by atoms with Crippen LogP contribution in [-0.4, -0.2) is 63.5 Å². The molecule has 3 aromatic rings. The number of rotatable bonds is 11. The van der Waals surface area contributed by atoms with Crippen molar-refractivity contribution in [3.63, 3.8) is 0 Å². The molecular formula is C32H34F2N4O8S. The van der Waals surface area contributed by atoms with E-state index in [0.717, 1.165) is 30.5 Å². The van der Waals surface area contributed by atoms with E-state index in [4.69, 9.17) is 15.2 Å². The van der Waals surface area contributed by atoms with Crippen molar-refractivity contribution in [2.24, 2.45) is 11.7 Å². The van der Waals surface area contributed by atoms with Crippen molar-refractivity contribution < 1.29 is 45.9 Å². The molecular weight excluding hydrogens is 638 g/mol. The number of nitrogens with one attached hydrogen (secondary N) is 2. The van der Waals surface area contributed by atoms with Crippen LogP contribution in [0.5, 0.6) is 5.75 Å². The lowest BCUT2D eigenvalue weighted by molar-refractivity contribution is -0.149. The normalized spacial score (nSPS) is 16.7. The van der Waals surface area contributed by atoms with Gasteiger partial charge in [0.1, 0.15) is 11.9 Å². The van der Waals surface area contributed by atoms with E-state index < -0.39 is 63.2 Å². The topological polar surface area (TPSA) is 174 Å². The highest BCUT2D eigenvalue weighted by Gasteiger charge is 2.46. The zero-order chi connectivity index (χ0) is 34.6. The number of esters is 1. The lowest BCUT2D eigenvalue weighted by atomic mass is 9.92. The van der Waals surface area contributed by atoms with Crippen LogP contribution in [0.1, 0.15) is 53.8 Å². The summed E-state index contributed by atoms with van der Waals surface area (Å²) < 4.78 is 66.0. The number of methoxy groups -OCH3 is 1. The van der Waals surface area contributed by atoms with Gasteiger partial charge in [0.25, 0.3) is 0 Å². The lowest BCUT2D eigenvalue weighted by Gasteiger charge is -2.33. The molecule has 0 saturated carbocycles. The second-order valence-corrected chi connectivity index (χ2v) is 12.8. The van der Waals surface area contributed by atoms with Crippen LogP contribution >= 0.6 is 0 Å². The summed E-state index contributed by atoms with van der Waals surface area (Å²) in [5.74, 6) is -5.59. The van der Waals surface area contributed by atoms with Gasteiger partial charge in [0.2, 0.25) is 17.7 Å². The zero-order valence-corrected chi connectivity index (χ0v) is 26.8. The van der Waals surface area contributed by atoms with Crippen molar-refractivity contribution >= 4 is 44.9 Å². The highest BCUT2D eigenvalue weighted by molar-refractivity contribution is 7.90. The summed E-state index contributed by atoms with van der Waals surface area (Å²) in [5, 5.41) is 5.37.